The lowest BCUT2D eigenvalue weighted by atomic mass is 10.1. The number of hydrogen-bond acceptors (Lipinski definition) is 4. The van der Waals surface area contributed by atoms with Crippen LogP contribution in [0.25, 0.3) is 0 Å². The minimum absolute atomic E-state index is 0.160. The molecule has 1 heterocycles. The smallest absolute Gasteiger partial charge is 0.317 e. The number of thiazole rings is 1. The Morgan fingerprint density at radius 2 is 2.28 bits per heavy atom. The van der Waals surface area contributed by atoms with Gasteiger partial charge in [-0.05, 0) is 27.7 Å². The molecule has 0 aliphatic rings. The van der Waals surface area contributed by atoms with Crippen LogP contribution >= 0.6 is 11.3 Å². The van der Waals surface area contributed by atoms with Crippen molar-refractivity contribution in [3.63, 3.8) is 0 Å². The topological polar surface area (TPSA) is 65.5 Å². The molecule has 0 bridgehead atoms. The van der Waals surface area contributed by atoms with Crippen molar-refractivity contribution in [2.75, 3.05) is 13.1 Å². The number of nitrogens with zero attached hydrogens (tertiary/aromatic N) is 2. The first-order chi connectivity index (χ1) is 8.33. The van der Waals surface area contributed by atoms with Crippen molar-refractivity contribution in [1.29, 1.82) is 0 Å². The second-order valence-electron chi connectivity index (χ2n) is 4.85. The van der Waals surface area contributed by atoms with Gasteiger partial charge in [0.25, 0.3) is 0 Å². The Balaban J connectivity index is 2.51. The molecular formula is C12H21N3O2S. The van der Waals surface area contributed by atoms with Gasteiger partial charge in [-0.2, -0.15) is 0 Å². The number of nitrogens with one attached hydrogen (secondary N) is 1. The normalized spacial score (nSPS) is 11.4. The second kappa shape index (κ2) is 6.15. The number of amides is 2. The van der Waals surface area contributed by atoms with E-state index in [9.17, 15) is 9.90 Å². The number of urea groups is 1. The summed E-state index contributed by atoms with van der Waals surface area (Å²) in [5.41, 5.74) is 1.84. The van der Waals surface area contributed by atoms with Gasteiger partial charge in [0.2, 0.25) is 0 Å². The van der Waals surface area contributed by atoms with Crippen LogP contribution in [-0.4, -0.2) is 39.7 Å². The van der Waals surface area contributed by atoms with Crippen molar-refractivity contribution in [2.24, 2.45) is 0 Å². The molecule has 0 spiro atoms. The van der Waals surface area contributed by atoms with Crippen molar-refractivity contribution in [1.82, 2.24) is 15.2 Å². The maximum atomic E-state index is 11.9. The van der Waals surface area contributed by atoms with E-state index in [4.69, 9.17) is 0 Å². The van der Waals surface area contributed by atoms with E-state index in [1.54, 1.807) is 24.3 Å². The zero-order valence-electron chi connectivity index (χ0n) is 11.4. The van der Waals surface area contributed by atoms with E-state index in [1.807, 2.05) is 13.8 Å². The maximum Gasteiger partial charge on any atom is 0.317 e. The number of aromatic nitrogens is 1. The van der Waals surface area contributed by atoms with E-state index in [0.717, 1.165) is 10.6 Å². The average Bonchev–Trinajstić information content (AvgIpc) is 2.67. The molecule has 5 nitrogen and oxygen atoms in total. The van der Waals surface area contributed by atoms with Crippen LogP contribution in [0.5, 0.6) is 0 Å². The lowest BCUT2D eigenvalue weighted by Gasteiger charge is -2.28. The number of hydrogen-bond donors (Lipinski definition) is 2. The first kappa shape index (κ1) is 14.9. The number of carbonyl (C=O) groups is 1. The number of likely N-dealkylation sites (N-methyl/N-ethyl adjacent to an activating group) is 1. The van der Waals surface area contributed by atoms with Crippen molar-refractivity contribution in [3.05, 3.63) is 16.1 Å². The molecule has 0 radical (unpaired) electrons. The summed E-state index contributed by atoms with van der Waals surface area (Å²) in [5, 5.41) is 12.6. The Hall–Kier alpha value is -1.14. The van der Waals surface area contributed by atoms with E-state index in [1.165, 1.54) is 11.3 Å². The van der Waals surface area contributed by atoms with Crippen LogP contribution in [0.4, 0.5) is 4.79 Å². The summed E-state index contributed by atoms with van der Waals surface area (Å²) in [7, 11) is 0. The van der Waals surface area contributed by atoms with Gasteiger partial charge < -0.3 is 15.3 Å². The first-order valence-corrected chi connectivity index (χ1v) is 6.85. The van der Waals surface area contributed by atoms with Gasteiger partial charge in [0.15, 0.2) is 0 Å². The Morgan fingerprint density at radius 3 is 2.72 bits per heavy atom. The van der Waals surface area contributed by atoms with Gasteiger partial charge in [-0.3, -0.25) is 0 Å². The predicted octanol–water partition coefficient (Wildman–Crippen LogP) is 1.75. The molecule has 0 aromatic carbocycles. The zero-order valence-corrected chi connectivity index (χ0v) is 12.2. The third kappa shape index (κ3) is 4.62. The predicted molar refractivity (Wildman–Crippen MR) is 72.6 cm³/mol. The van der Waals surface area contributed by atoms with Gasteiger partial charge in [-0.15, -0.1) is 11.3 Å². The summed E-state index contributed by atoms with van der Waals surface area (Å²) >= 11 is 1.53. The molecule has 1 aromatic heterocycles. The second-order valence-corrected chi connectivity index (χ2v) is 5.79. The fourth-order valence-corrected chi connectivity index (χ4v) is 2.27. The van der Waals surface area contributed by atoms with E-state index in [-0.39, 0.29) is 6.03 Å². The van der Waals surface area contributed by atoms with Crippen LogP contribution in [0.2, 0.25) is 0 Å². The number of aliphatic hydroxyl groups is 1. The lowest BCUT2D eigenvalue weighted by molar-refractivity contribution is 0.0480. The molecule has 2 N–H and O–H groups in total. The van der Waals surface area contributed by atoms with Gasteiger partial charge in [0.1, 0.15) is 0 Å². The van der Waals surface area contributed by atoms with Crippen LogP contribution in [0, 0.1) is 6.92 Å². The molecule has 0 atom stereocenters. The monoisotopic (exact) mass is 271 g/mol. The van der Waals surface area contributed by atoms with E-state index in [0.29, 0.717) is 19.6 Å². The highest BCUT2D eigenvalue weighted by molar-refractivity contribution is 7.09. The lowest BCUT2D eigenvalue weighted by Crippen LogP contribution is -2.46. The summed E-state index contributed by atoms with van der Waals surface area (Å²) in [6, 6.07) is -0.160. The number of aryl methyl sites for hydroxylation is 1. The Morgan fingerprint density at radius 1 is 1.61 bits per heavy atom. The van der Waals surface area contributed by atoms with Gasteiger partial charge in [0, 0.05) is 11.4 Å². The summed E-state index contributed by atoms with van der Waals surface area (Å²) in [5.74, 6) is 0. The molecule has 102 valence electrons. The number of rotatable bonds is 5. The molecule has 2 amide bonds. The van der Waals surface area contributed by atoms with Gasteiger partial charge >= 0.3 is 6.03 Å². The minimum Gasteiger partial charge on any atom is -0.389 e. The standard InChI is InChI=1S/C12H21N3O2S/c1-5-15(7-12(3,4)17)11(16)13-6-10-9(2)14-8-18-10/h8,17H,5-7H2,1-4H3,(H,13,16). The maximum absolute atomic E-state index is 11.9. The summed E-state index contributed by atoms with van der Waals surface area (Å²) in [4.78, 5) is 18.7. The molecule has 0 unspecified atom stereocenters. The highest BCUT2D eigenvalue weighted by Crippen LogP contribution is 2.11. The molecule has 1 rings (SSSR count). The zero-order chi connectivity index (χ0) is 13.8. The molecule has 0 fully saturated rings. The minimum atomic E-state index is -0.881. The molecule has 18 heavy (non-hydrogen) atoms. The average molecular weight is 271 g/mol. The fourth-order valence-electron chi connectivity index (χ4n) is 1.56. The van der Waals surface area contributed by atoms with E-state index >= 15 is 0 Å². The van der Waals surface area contributed by atoms with E-state index < -0.39 is 5.60 Å². The molecule has 6 heteroatoms. The third-order valence-electron chi connectivity index (χ3n) is 2.49. The van der Waals surface area contributed by atoms with Gasteiger partial charge in [0.05, 0.1) is 29.9 Å². The van der Waals surface area contributed by atoms with Crippen LogP contribution in [0.15, 0.2) is 5.51 Å². The quantitative estimate of drug-likeness (QED) is 0.857. The third-order valence-corrected chi connectivity index (χ3v) is 3.43. The van der Waals surface area contributed by atoms with Crippen molar-refractivity contribution in [2.45, 2.75) is 39.8 Å². The molecule has 0 saturated carbocycles. The Labute approximate surface area is 112 Å². The van der Waals surface area contributed by atoms with Crippen LogP contribution < -0.4 is 5.32 Å². The van der Waals surface area contributed by atoms with Crippen molar-refractivity contribution in [3.8, 4) is 0 Å². The Bertz CT molecular complexity index is 398. The summed E-state index contributed by atoms with van der Waals surface area (Å²) in [6.07, 6.45) is 0. The highest BCUT2D eigenvalue weighted by atomic mass is 32.1. The van der Waals surface area contributed by atoms with Crippen LogP contribution in [0.1, 0.15) is 31.3 Å². The van der Waals surface area contributed by atoms with Gasteiger partial charge in [-0.1, -0.05) is 0 Å². The van der Waals surface area contributed by atoms with Gasteiger partial charge in [-0.25, -0.2) is 9.78 Å². The van der Waals surface area contributed by atoms with Crippen molar-refractivity contribution < 1.29 is 9.90 Å². The van der Waals surface area contributed by atoms with Crippen molar-refractivity contribution >= 4 is 17.4 Å². The molecule has 0 saturated heterocycles. The summed E-state index contributed by atoms with van der Waals surface area (Å²) < 4.78 is 0. The Kier molecular flexibility index (Phi) is 5.10. The van der Waals surface area contributed by atoms with E-state index in [2.05, 4.69) is 10.3 Å². The molecular weight excluding hydrogens is 250 g/mol. The molecule has 0 aliphatic carbocycles. The van der Waals surface area contributed by atoms with Crippen LogP contribution in [0.3, 0.4) is 0 Å². The van der Waals surface area contributed by atoms with Crippen LogP contribution in [-0.2, 0) is 6.54 Å². The molecule has 0 aliphatic heterocycles. The largest absolute Gasteiger partial charge is 0.389 e. The summed E-state index contributed by atoms with van der Waals surface area (Å²) in [6.45, 7) is 8.56. The fraction of sp³-hybridized carbons (Fsp3) is 0.667. The number of carbonyl (C=O) groups excluding carboxylic acids is 1. The molecule has 1 aromatic rings. The highest BCUT2D eigenvalue weighted by Gasteiger charge is 2.21. The SMILES string of the molecule is CCN(CC(C)(C)O)C(=O)NCc1scnc1C. The first-order valence-electron chi connectivity index (χ1n) is 5.97.